The van der Waals surface area contributed by atoms with E-state index in [0.29, 0.717) is 37.2 Å². The molecular weight excluding hydrogens is 348 g/mol. The molecule has 5 nitrogen and oxygen atoms in total. The van der Waals surface area contributed by atoms with E-state index in [1.807, 2.05) is 30.3 Å². The highest BCUT2D eigenvalue weighted by atomic mass is 32.2. The van der Waals surface area contributed by atoms with Crippen molar-refractivity contribution in [2.45, 2.75) is 18.9 Å². The van der Waals surface area contributed by atoms with Gasteiger partial charge in [-0.3, -0.25) is 0 Å². The number of sulfonamides is 1. The van der Waals surface area contributed by atoms with Gasteiger partial charge in [-0.2, -0.15) is 9.57 Å². The van der Waals surface area contributed by atoms with Gasteiger partial charge in [0.25, 0.3) is 0 Å². The average Bonchev–Trinajstić information content (AvgIpc) is 2.68. The highest BCUT2D eigenvalue weighted by molar-refractivity contribution is 7.92. The maximum absolute atomic E-state index is 12.5. The van der Waals surface area contributed by atoms with Crippen LogP contribution in [0.3, 0.4) is 0 Å². The maximum atomic E-state index is 12.5. The molecule has 6 heteroatoms. The summed E-state index contributed by atoms with van der Waals surface area (Å²) in [6.07, 6.45) is 2.87. The first kappa shape index (κ1) is 18.2. The molecule has 1 aliphatic heterocycles. The summed E-state index contributed by atoms with van der Waals surface area (Å²) in [6, 6.07) is 18.4. The zero-order valence-electron chi connectivity index (χ0n) is 14.3. The number of hydrogen-bond donors (Lipinski definition) is 0. The molecule has 134 valence electrons. The fraction of sp³-hybridized carbons (Fsp3) is 0.250. The fourth-order valence-electron chi connectivity index (χ4n) is 2.82. The number of benzene rings is 2. The van der Waals surface area contributed by atoms with Crippen molar-refractivity contribution in [3.63, 3.8) is 0 Å². The molecule has 3 rings (SSSR count). The largest absolute Gasteiger partial charge is 0.490 e. The lowest BCUT2D eigenvalue weighted by Crippen LogP contribution is -2.40. The molecule has 1 saturated heterocycles. The molecule has 0 saturated carbocycles. The Morgan fingerprint density at radius 1 is 1.04 bits per heavy atom. The summed E-state index contributed by atoms with van der Waals surface area (Å²) in [4.78, 5) is 0. The first-order valence-corrected chi connectivity index (χ1v) is 9.97. The van der Waals surface area contributed by atoms with Crippen LogP contribution in [0.2, 0.25) is 0 Å². The van der Waals surface area contributed by atoms with E-state index in [1.165, 1.54) is 9.71 Å². The molecule has 0 N–H and O–H groups in total. The van der Waals surface area contributed by atoms with E-state index in [2.05, 4.69) is 6.07 Å². The minimum Gasteiger partial charge on any atom is -0.490 e. The summed E-state index contributed by atoms with van der Waals surface area (Å²) >= 11 is 0. The molecular formula is C20H20N2O3S. The van der Waals surface area contributed by atoms with E-state index < -0.39 is 10.0 Å². The topological polar surface area (TPSA) is 70.4 Å². The number of nitrogens with zero attached hydrogens (tertiary/aromatic N) is 2. The van der Waals surface area contributed by atoms with Crippen LogP contribution in [0.1, 0.15) is 24.0 Å². The summed E-state index contributed by atoms with van der Waals surface area (Å²) in [5.74, 6) is 0.703. The number of rotatable bonds is 5. The van der Waals surface area contributed by atoms with Gasteiger partial charge < -0.3 is 4.74 Å². The third kappa shape index (κ3) is 4.72. The summed E-state index contributed by atoms with van der Waals surface area (Å²) in [7, 11) is -3.43. The lowest BCUT2D eigenvalue weighted by Gasteiger charge is -2.30. The van der Waals surface area contributed by atoms with Gasteiger partial charge in [0.1, 0.15) is 11.9 Å². The zero-order valence-corrected chi connectivity index (χ0v) is 15.1. The first-order valence-electron chi connectivity index (χ1n) is 8.47. The Morgan fingerprint density at radius 3 is 2.31 bits per heavy atom. The molecule has 0 bridgehead atoms. The van der Waals surface area contributed by atoms with Crippen LogP contribution in [0.4, 0.5) is 0 Å². The van der Waals surface area contributed by atoms with E-state index in [9.17, 15) is 8.42 Å². The molecule has 0 aliphatic carbocycles. The molecule has 2 aromatic carbocycles. The van der Waals surface area contributed by atoms with Crippen LogP contribution in [0.15, 0.2) is 60.0 Å². The molecule has 1 fully saturated rings. The van der Waals surface area contributed by atoms with E-state index in [1.54, 1.807) is 30.3 Å². The molecule has 0 atom stereocenters. The fourth-order valence-corrected chi connectivity index (χ4v) is 4.04. The molecule has 0 unspecified atom stereocenters. The van der Waals surface area contributed by atoms with Crippen molar-refractivity contribution in [3.05, 3.63) is 71.1 Å². The minimum absolute atomic E-state index is 0.0208. The quantitative estimate of drug-likeness (QED) is 0.811. The lowest BCUT2D eigenvalue weighted by atomic mass is 10.1. The molecule has 1 heterocycles. The van der Waals surface area contributed by atoms with Crippen LogP contribution in [0, 0.1) is 11.3 Å². The predicted octanol–water partition coefficient (Wildman–Crippen LogP) is 3.40. The van der Waals surface area contributed by atoms with Crippen molar-refractivity contribution in [3.8, 4) is 11.8 Å². The Hall–Kier alpha value is -2.62. The van der Waals surface area contributed by atoms with Crippen molar-refractivity contribution in [2.24, 2.45) is 0 Å². The second kappa shape index (κ2) is 8.17. The Balaban J connectivity index is 1.55. The van der Waals surface area contributed by atoms with E-state index >= 15 is 0 Å². The van der Waals surface area contributed by atoms with Crippen molar-refractivity contribution < 1.29 is 13.2 Å². The predicted molar refractivity (Wildman–Crippen MR) is 101 cm³/mol. The lowest BCUT2D eigenvalue weighted by molar-refractivity contribution is 0.135. The van der Waals surface area contributed by atoms with Gasteiger partial charge in [-0.1, -0.05) is 30.3 Å². The SMILES string of the molecule is N#Cc1ccc(OC2CCN(S(=O)(=O)/C=C/c3ccccc3)CC2)cc1. The summed E-state index contributed by atoms with van der Waals surface area (Å²) < 4.78 is 32.3. The van der Waals surface area contributed by atoms with Gasteiger partial charge in [0, 0.05) is 18.5 Å². The van der Waals surface area contributed by atoms with Gasteiger partial charge in [-0.05, 0) is 48.7 Å². The van der Waals surface area contributed by atoms with Gasteiger partial charge in [0.2, 0.25) is 10.0 Å². The molecule has 0 spiro atoms. The van der Waals surface area contributed by atoms with Crippen LogP contribution < -0.4 is 4.74 Å². The van der Waals surface area contributed by atoms with Crippen LogP contribution in [0.5, 0.6) is 5.75 Å². The Kier molecular flexibility index (Phi) is 5.71. The number of piperidine rings is 1. The zero-order chi connectivity index (χ0) is 18.4. The highest BCUT2D eigenvalue weighted by Gasteiger charge is 2.27. The third-order valence-corrected chi connectivity index (χ3v) is 5.84. The molecule has 0 amide bonds. The summed E-state index contributed by atoms with van der Waals surface area (Å²) in [5, 5.41) is 10.1. The van der Waals surface area contributed by atoms with Crippen molar-refractivity contribution >= 4 is 16.1 Å². The van der Waals surface area contributed by atoms with Crippen LogP contribution in [-0.2, 0) is 10.0 Å². The van der Waals surface area contributed by atoms with E-state index in [0.717, 1.165) is 5.56 Å². The van der Waals surface area contributed by atoms with Gasteiger partial charge in [-0.25, -0.2) is 8.42 Å². The molecule has 0 aromatic heterocycles. The minimum atomic E-state index is -3.43. The standard InChI is InChI=1S/C20H20N2O3S/c21-16-18-6-8-19(9-7-18)25-20-10-13-22(14-11-20)26(23,24)15-12-17-4-2-1-3-5-17/h1-9,12,15,20H,10-11,13-14H2/b15-12+. The van der Waals surface area contributed by atoms with Crippen molar-refractivity contribution in [1.29, 1.82) is 5.26 Å². The van der Waals surface area contributed by atoms with Crippen molar-refractivity contribution in [2.75, 3.05) is 13.1 Å². The maximum Gasteiger partial charge on any atom is 0.236 e. The number of ether oxygens (including phenoxy) is 1. The van der Waals surface area contributed by atoms with Crippen LogP contribution in [-0.4, -0.2) is 31.9 Å². The van der Waals surface area contributed by atoms with E-state index in [4.69, 9.17) is 10.00 Å². The van der Waals surface area contributed by atoms with Crippen LogP contribution >= 0.6 is 0 Å². The monoisotopic (exact) mass is 368 g/mol. The highest BCUT2D eigenvalue weighted by Crippen LogP contribution is 2.21. The third-order valence-electron chi connectivity index (χ3n) is 4.28. The second-order valence-corrected chi connectivity index (χ2v) is 7.93. The summed E-state index contributed by atoms with van der Waals surface area (Å²) in [5.41, 5.74) is 1.44. The van der Waals surface area contributed by atoms with Gasteiger partial charge in [0.15, 0.2) is 0 Å². The Labute approximate surface area is 154 Å². The van der Waals surface area contributed by atoms with Gasteiger partial charge in [-0.15, -0.1) is 0 Å². The summed E-state index contributed by atoms with van der Waals surface area (Å²) in [6.45, 7) is 0.866. The molecule has 0 radical (unpaired) electrons. The first-order chi connectivity index (χ1) is 12.6. The van der Waals surface area contributed by atoms with Gasteiger partial charge in [0.05, 0.1) is 11.6 Å². The molecule has 1 aliphatic rings. The number of hydrogen-bond acceptors (Lipinski definition) is 4. The van der Waals surface area contributed by atoms with Crippen molar-refractivity contribution in [1.82, 2.24) is 4.31 Å². The Bertz CT molecular complexity index is 892. The average molecular weight is 368 g/mol. The molecule has 2 aromatic rings. The number of nitriles is 1. The molecule has 26 heavy (non-hydrogen) atoms. The smallest absolute Gasteiger partial charge is 0.236 e. The van der Waals surface area contributed by atoms with E-state index in [-0.39, 0.29) is 6.10 Å². The second-order valence-electron chi connectivity index (χ2n) is 6.11. The normalized spacial score (nSPS) is 16.4. The Morgan fingerprint density at radius 2 is 1.69 bits per heavy atom. The van der Waals surface area contributed by atoms with Crippen LogP contribution in [0.25, 0.3) is 6.08 Å². The van der Waals surface area contributed by atoms with Gasteiger partial charge >= 0.3 is 0 Å².